The number of hydrazone groups is 1. The van der Waals surface area contributed by atoms with Gasteiger partial charge in [-0.05, 0) is 53.1 Å². The molecule has 1 N–H and O–H groups in total. The first-order chi connectivity index (χ1) is 14.7. The molecule has 3 rings (SSSR count). The van der Waals surface area contributed by atoms with Crippen LogP contribution < -0.4 is 10.2 Å². The summed E-state index contributed by atoms with van der Waals surface area (Å²) in [4.78, 5) is 12.2. The maximum Gasteiger partial charge on any atom is 0.271 e. The van der Waals surface area contributed by atoms with Gasteiger partial charge in [0.25, 0.3) is 5.91 Å². The van der Waals surface area contributed by atoms with E-state index in [4.69, 9.17) is 10.00 Å². The highest BCUT2D eigenvalue weighted by molar-refractivity contribution is 7.97. The first kappa shape index (κ1) is 21.2. The fourth-order valence-electron chi connectivity index (χ4n) is 2.61. The summed E-state index contributed by atoms with van der Waals surface area (Å²) in [5.74, 6) is 2.20. The van der Waals surface area contributed by atoms with Crippen LogP contribution in [0.15, 0.2) is 84.0 Å². The first-order valence-corrected chi connectivity index (χ1v) is 10.5. The quantitative estimate of drug-likeness (QED) is 0.403. The monoisotopic (exact) mass is 415 g/mol. The molecule has 30 heavy (non-hydrogen) atoms. The third-order valence-electron chi connectivity index (χ3n) is 4.16. The number of nitrogens with one attached hydrogen (secondary N) is 1. The van der Waals surface area contributed by atoms with Crippen LogP contribution in [0.4, 0.5) is 0 Å². The standard InChI is InChI=1S/C24H21N3O2S/c25-14-15-29-23-12-8-19(9-13-23)16-26-27-24(28)22-10-6-21(7-11-22)18-30-17-20-4-2-1-3-5-20/h1-13,16H,15,17-18H2,(H,27,28)/b26-16+. The van der Waals surface area contributed by atoms with Crippen LogP contribution in [0.3, 0.4) is 0 Å². The summed E-state index contributed by atoms with van der Waals surface area (Å²) in [6.07, 6.45) is 1.56. The van der Waals surface area contributed by atoms with Crippen molar-refractivity contribution >= 4 is 23.9 Å². The number of thioether (sulfide) groups is 1. The van der Waals surface area contributed by atoms with Crippen LogP contribution in [0.5, 0.6) is 5.75 Å². The summed E-state index contributed by atoms with van der Waals surface area (Å²) in [5, 5.41) is 12.5. The Bertz CT molecular complexity index is 1010. The van der Waals surface area contributed by atoms with Gasteiger partial charge in [0, 0.05) is 17.1 Å². The summed E-state index contributed by atoms with van der Waals surface area (Å²) in [6.45, 7) is 0.00793. The first-order valence-electron chi connectivity index (χ1n) is 9.38. The van der Waals surface area contributed by atoms with E-state index in [1.54, 1.807) is 30.5 Å². The second-order valence-corrected chi connectivity index (χ2v) is 7.38. The van der Waals surface area contributed by atoms with Crippen molar-refractivity contribution in [1.82, 2.24) is 5.43 Å². The maximum atomic E-state index is 12.2. The van der Waals surface area contributed by atoms with E-state index >= 15 is 0 Å². The summed E-state index contributed by atoms with van der Waals surface area (Å²) in [5.41, 5.74) is 6.38. The van der Waals surface area contributed by atoms with E-state index < -0.39 is 0 Å². The van der Waals surface area contributed by atoms with Gasteiger partial charge in [-0.15, -0.1) is 0 Å². The fraction of sp³-hybridized carbons (Fsp3) is 0.125. The Balaban J connectivity index is 1.45. The Kier molecular flexibility index (Phi) is 8.07. The molecule has 150 valence electrons. The number of amides is 1. The number of hydrogen-bond acceptors (Lipinski definition) is 5. The minimum atomic E-state index is -0.260. The second-order valence-electron chi connectivity index (χ2n) is 6.39. The van der Waals surface area contributed by atoms with E-state index in [0.717, 1.165) is 17.1 Å². The molecule has 0 fully saturated rings. The van der Waals surface area contributed by atoms with Gasteiger partial charge >= 0.3 is 0 Å². The molecule has 0 atom stereocenters. The van der Waals surface area contributed by atoms with Gasteiger partial charge in [-0.1, -0.05) is 42.5 Å². The lowest BCUT2D eigenvalue weighted by atomic mass is 10.1. The molecule has 5 nitrogen and oxygen atoms in total. The second kappa shape index (κ2) is 11.4. The highest BCUT2D eigenvalue weighted by Crippen LogP contribution is 2.18. The molecular formula is C24H21N3O2S. The molecule has 0 aliphatic carbocycles. The molecule has 0 saturated carbocycles. The van der Waals surface area contributed by atoms with Gasteiger partial charge < -0.3 is 4.74 Å². The van der Waals surface area contributed by atoms with Crippen LogP contribution in [0.2, 0.25) is 0 Å². The summed E-state index contributed by atoms with van der Waals surface area (Å²) >= 11 is 1.84. The Morgan fingerprint density at radius 3 is 2.30 bits per heavy atom. The van der Waals surface area contributed by atoms with Gasteiger partial charge in [0.1, 0.15) is 11.8 Å². The smallest absolute Gasteiger partial charge is 0.271 e. The Labute approximate surface area is 180 Å². The molecule has 0 aliphatic rings. The molecule has 0 bridgehead atoms. The van der Waals surface area contributed by atoms with Crippen LogP contribution in [-0.2, 0) is 11.5 Å². The SMILES string of the molecule is N#CCOc1ccc(/C=N/NC(=O)c2ccc(CSCc3ccccc3)cc2)cc1. The van der Waals surface area contributed by atoms with Crippen molar-refractivity contribution < 1.29 is 9.53 Å². The third-order valence-corrected chi connectivity index (χ3v) is 5.23. The molecular weight excluding hydrogens is 394 g/mol. The molecule has 6 heteroatoms. The van der Waals surface area contributed by atoms with Crippen LogP contribution >= 0.6 is 11.8 Å². The van der Waals surface area contributed by atoms with E-state index in [1.165, 1.54) is 11.1 Å². The van der Waals surface area contributed by atoms with Gasteiger partial charge in [0.2, 0.25) is 0 Å². The van der Waals surface area contributed by atoms with E-state index in [-0.39, 0.29) is 12.5 Å². The van der Waals surface area contributed by atoms with Crippen LogP contribution in [0.25, 0.3) is 0 Å². The summed E-state index contributed by atoms with van der Waals surface area (Å²) < 4.78 is 5.19. The largest absolute Gasteiger partial charge is 0.479 e. The van der Waals surface area contributed by atoms with E-state index in [1.807, 2.05) is 60.3 Å². The zero-order valence-corrected chi connectivity index (χ0v) is 17.1. The molecule has 0 aliphatic heterocycles. The average Bonchev–Trinajstić information content (AvgIpc) is 2.79. The zero-order chi connectivity index (χ0) is 21.0. The number of nitrogens with zero attached hydrogens (tertiary/aromatic N) is 2. The van der Waals surface area contributed by atoms with Crippen LogP contribution in [-0.4, -0.2) is 18.7 Å². The van der Waals surface area contributed by atoms with Gasteiger partial charge in [0.05, 0.1) is 6.21 Å². The normalized spacial score (nSPS) is 10.5. The summed E-state index contributed by atoms with van der Waals surface area (Å²) in [6, 6.07) is 26.9. The molecule has 0 heterocycles. The topological polar surface area (TPSA) is 74.5 Å². The Morgan fingerprint density at radius 2 is 1.63 bits per heavy atom. The van der Waals surface area contributed by atoms with E-state index in [0.29, 0.717) is 11.3 Å². The van der Waals surface area contributed by atoms with Crippen molar-refractivity contribution in [3.63, 3.8) is 0 Å². The van der Waals surface area contributed by atoms with Gasteiger partial charge in [-0.3, -0.25) is 4.79 Å². The lowest BCUT2D eigenvalue weighted by molar-refractivity contribution is 0.0955. The Morgan fingerprint density at radius 1 is 0.967 bits per heavy atom. The predicted molar refractivity (Wildman–Crippen MR) is 120 cm³/mol. The van der Waals surface area contributed by atoms with Crippen LogP contribution in [0.1, 0.15) is 27.0 Å². The van der Waals surface area contributed by atoms with Crippen molar-refractivity contribution in [3.05, 3.63) is 101 Å². The Hall–Kier alpha value is -3.56. The van der Waals surface area contributed by atoms with E-state index in [9.17, 15) is 4.79 Å². The molecule has 0 saturated heterocycles. The number of nitriles is 1. The van der Waals surface area contributed by atoms with Crippen molar-refractivity contribution in [2.75, 3.05) is 6.61 Å². The highest BCUT2D eigenvalue weighted by atomic mass is 32.2. The third kappa shape index (κ3) is 6.80. The van der Waals surface area contributed by atoms with Crippen LogP contribution in [0, 0.1) is 11.3 Å². The zero-order valence-electron chi connectivity index (χ0n) is 16.3. The van der Waals surface area contributed by atoms with Crippen molar-refractivity contribution in [2.24, 2.45) is 5.10 Å². The lowest BCUT2D eigenvalue weighted by Crippen LogP contribution is -2.17. The molecule has 3 aromatic rings. The number of carbonyl (C=O) groups excluding carboxylic acids is 1. The summed E-state index contributed by atoms with van der Waals surface area (Å²) in [7, 11) is 0. The lowest BCUT2D eigenvalue weighted by Gasteiger charge is -2.04. The minimum Gasteiger partial charge on any atom is -0.479 e. The molecule has 1 amide bonds. The average molecular weight is 416 g/mol. The molecule has 0 spiro atoms. The van der Waals surface area contributed by atoms with Gasteiger partial charge in [0.15, 0.2) is 6.61 Å². The van der Waals surface area contributed by atoms with E-state index in [2.05, 4.69) is 22.7 Å². The predicted octanol–water partition coefficient (Wildman–Crippen LogP) is 4.79. The van der Waals surface area contributed by atoms with Gasteiger partial charge in [-0.25, -0.2) is 5.43 Å². The molecule has 0 radical (unpaired) electrons. The number of carbonyl (C=O) groups is 1. The number of ether oxygens (including phenoxy) is 1. The van der Waals surface area contributed by atoms with Crippen molar-refractivity contribution in [2.45, 2.75) is 11.5 Å². The molecule has 0 aromatic heterocycles. The van der Waals surface area contributed by atoms with Gasteiger partial charge in [-0.2, -0.15) is 22.1 Å². The molecule has 0 unspecified atom stereocenters. The van der Waals surface area contributed by atoms with Crippen molar-refractivity contribution in [1.29, 1.82) is 5.26 Å². The number of hydrogen-bond donors (Lipinski definition) is 1. The maximum absolute atomic E-state index is 12.2. The number of rotatable bonds is 9. The van der Waals surface area contributed by atoms with Crippen molar-refractivity contribution in [3.8, 4) is 11.8 Å². The molecule has 3 aromatic carbocycles. The highest BCUT2D eigenvalue weighted by Gasteiger charge is 2.04. The number of benzene rings is 3. The fourth-order valence-corrected chi connectivity index (χ4v) is 3.57. The minimum absolute atomic E-state index is 0.00793.